The van der Waals surface area contributed by atoms with Gasteiger partial charge in [-0.15, -0.1) is 0 Å². The summed E-state index contributed by atoms with van der Waals surface area (Å²) in [5.41, 5.74) is 2.71. The highest BCUT2D eigenvalue weighted by Crippen LogP contribution is 2.42. The molecular weight excluding hydrogens is 260 g/mol. The molecule has 0 spiro atoms. The number of nitrogens with one attached hydrogen (secondary N) is 1. The minimum Gasteiger partial charge on any atom is -0.496 e. The Bertz CT molecular complexity index is 480. The van der Waals surface area contributed by atoms with Crippen LogP contribution in [0, 0.1) is 5.92 Å². The zero-order chi connectivity index (χ0) is 14.8. The molecule has 1 aromatic rings. The molecule has 1 unspecified atom stereocenters. The Hall–Kier alpha value is -1.22. The van der Waals surface area contributed by atoms with Crippen molar-refractivity contribution in [3.63, 3.8) is 0 Å². The summed E-state index contributed by atoms with van der Waals surface area (Å²) in [5, 5.41) is 3.55. The quantitative estimate of drug-likeness (QED) is 0.788. The zero-order valence-corrected chi connectivity index (χ0v) is 13.6. The third-order valence-electron chi connectivity index (χ3n) is 4.66. The van der Waals surface area contributed by atoms with E-state index in [-0.39, 0.29) is 0 Å². The molecule has 2 aliphatic carbocycles. The van der Waals surface area contributed by atoms with E-state index in [2.05, 4.69) is 42.3 Å². The van der Waals surface area contributed by atoms with Gasteiger partial charge < -0.3 is 15.0 Å². The SMILES string of the molecule is CCNC(C)c1c(OC)cccc1N(CC1CC1)C1CC1. The number of methoxy groups -OCH3 is 1. The molecule has 3 heteroatoms. The van der Waals surface area contributed by atoms with Gasteiger partial charge in [-0.1, -0.05) is 13.0 Å². The lowest BCUT2D eigenvalue weighted by Gasteiger charge is -2.30. The van der Waals surface area contributed by atoms with Gasteiger partial charge in [-0.2, -0.15) is 0 Å². The van der Waals surface area contributed by atoms with Gasteiger partial charge in [0.05, 0.1) is 7.11 Å². The molecule has 0 bridgehead atoms. The maximum Gasteiger partial charge on any atom is 0.125 e. The normalized spacial score (nSPS) is 19.4. The Kier molecular flexibility index (Phi) is 4.39. The fourth-order valence-electron chi connectivity index (χ4n) is 3.21. The molecule has 1 N–H and O–H groups in total. The first kappa shape index (κ1) is 14.7. The van der Waals surface area contributed by atoms with E-state index in [0.717, 1.165) is 24.3 Å². The lowest BCUT2D eigenvalue weighted by molar-refractivity contribution is 0.402. The molecule has 3 nitrogen and oxygen atoms in total. The van der Waals surface area contributed by atoms with Crippen LogP contribution in [0.2, 0.25) is 0 Å². The highest BCUT2D eigenvalue weighted by Gasteiger charge is 2.35. The van der Waals surface area contributed by atoms with E-state index in [1.165, 1.54) is 43.5 Å². The minimum atomic E-state index is 0.321. The van der Waals surface area contributed by atoms with Crippen molar-refractivity contribution in [1.29, 1.82) is 0 Å². The molecule has 0 aliphatic heterocycles. The molecule has 0 radical (unpaired) electrons. The van der Waals surface area contributed by atoms with Crippen LogP contribution in [0.25, 0.3) is 0 Å². The van der Waals surface area contributed by atoms with E-state index in [0.29, 0.717) is 6.04 Å². The van der Waals surface area contributed by atoms with Crippen LogP contribution in [-0.2, 0) is 0 Å². The summed E-state index contributed by atoms with van der Waals surface area (Å²) in [6, 6.07) is 7.59. The van der Waals surface area contributed by atoms with Crippen molar-refractivity contribution in [3.05, 3.63) is 23.8 Å². The third-order valence-corrected chi connectivity index (χ3v) is 4.66. The second kappa shape index (κ2) is 6.27. The molecule has 0 heterocycles. The Morgan fingerprint density at radius 1 is 1.29 bits per heavy atom. The summed E-state index contributed by atoms with van der Waals surface area (Å²) in [5.74, 6) is 1.93. The molecular formula is C18H28N2O. The predicted molar refractivity (Wildman–Crippen MR) is 88.2 cm³/mol. The Morgan fingerprint density at radius 2 is 2.05 bits per heavy atom. The van der Waals surface area contributed by atoms with Crippen molar-refractivity contribution in [2.45, 2.75) is 51.6 Å². The van der Waals surface area contributed by atoms with Crippen LogP contribution in [0.5, 0.6) is 5.75 Å². The van der Waals surface area contributed by atoms with Crippen LogP contribution in [0.3, 0.4) is 0 Å². The first-order chi connectivity index (χ1) is 10.2. The third kappa shape index (κ3) is 3.34. The molecule has 2 saturated carbocycles. The maximum atomic E-state index is 5.66. The summed E-state index contributed by atoms with van der Waals surface area (Å²) >= 11 is 0. The number of anilines is 1. The number of hydrogen-bond acceptors (Lipinski definition) is 3. The summed E-state index contributed by atoms with van der Waals surface area (Å²) in [6.07, 6.45) is 5.51. The number of ether oxygens (including phenoxy) is 1. The van der Waals surface area contributed by atoms with Crippen LogP contribution in [0.15, 0.2) is 18.2 Å². The van der Waals surface area contributed by atoms with Gasteiger partial charge in [0.1, 0.15) is 5.75 Å². The van der Waals surface area contributed by atoms with Gasteiger partial charge in [-0.05, 0) is 57.2 Å². The van der Waals surface area contributed by atoms with Gasteiger partial charge in [0.15, 0.2) is 0 Å². The van der Waals surface area contributed by atoms with Gasteiger partial charge in [-0.3, -0.25) is 0 Å². The van der Waals surface area contributed by atoms with Crippen LogP contribution < -0.4 is 15.0 Å². The van der Waals surface area contributed by atoms with E-state index in [1.54, 1.807) is 7.11 Å². The Balaban J connectivity index is 1.94. The molecule has 21 heavy (non-hydrogen) atoms. The smallest absolute Gasteiger partial charge is 0.125 e. The molecule has 116 valence electrons. The first-order valence-corrected chi connectivity index (χ1v) is 8.41. The molecule has 2 fully saturated rings. The lowest BCUT2D eigenvalue weighted by atomic mass is 10.0. The average molecular weight is 288 g/mol. The molecule has 0 aromatic heterocycles. The largest absolute Gasteiger partial charge is 0.496 e. The maximum absolute atomic E-state index is 5.66. The molecule has 1 aromatic carbocycles. The van der Waals surface area contributed by atoms with E-state index in [4.69, 9.17) is 4.74 Å². The van der Waals surface area contributed by atoms with Crippen molar-refractivity contribution in [2.24, 2.45) is 5.92 Å². The van der Waals surface area contributed by atoms with Gasteiger partial charge in [0.2, 0.25) is 0 Å². The summed E-state index contributed by atoms with van der Waals surface area (Å²) in [4.78, 5) is 2.66. The van der Waals surface area contributed by atoms with Crippen LogP contribution in [-0.4, -0.2) is 26.2 Å². The van der Waals surface area contributed by atoms with E-state index >= 15 is 0 Å². The second-order valence-electron chi connectivity index (χ2n) is 6.50. The highest BCUT2D eigenvalue weighted by molar-refractivity contribution is 5.62. The van der Waals surface area contributed by atoms with Crippen molar-refractivity contribution in [3.8, 4) is 5.75 Å². The van der Waals surface area contributed by atoms with Gasteiger partial charge in [0.25, 0.3) is 0 Å². The van der Waals surface area contributed by atoms with E-state index < -0.39 is 0 Å². The lowest BCUT2D eigenvalue weighted by Crippen LogP contribution is -2.31. The summed E-state index contributed by atoms with van der Waals surface area (Å²) in [7, 11) is 1.78. The number of benzene rings is 1. The number of hydrogen-bond donors (Lipinski definition) is 1. The fraction of sp³-hybridized carbons (Fsp3) is 0.667. The van der Waals surface area contributed by atoms with E-state index in [9.17, 15) is 0 Å². The van der Waals surface area contributed by atoms with Crippen molar-refractivity contribution in [2.75, 3.05) is 25.1 Å². The first-order valence-electron chi connectivity index (χ1n) is 8.41. The average Bonchev–Trinajstić information content (AvgIpc) is 3.37. The van der Waals surface area contributed by atoms with Crippen molar-refractivity contribution < 1.29 is 4.74 Å². The Labute approximate surface area is 128 Å². The molecule has 3 rings (SSSR count). The van der Waals surface area contributed by atoms with E-state index in [1.807, 2.05) is 0 Å². The summed E-state index contributed by atoms with van der Waals surface area (Å²) in [6.45, 7) is 6.61. The fourth-order valence-corrected chi connectivity index (χ4v) is 3.21. The molecule has 2 aliphatic rings. The van der Waals surface area contributed by atoms with Gasteiger partial charge in [-0.25, -0.2) is 0 Å². The van der Waals surface area contributed by atoms with Crippen LogP contribution >= 0.6 is 0 Å². The van der Waals surface area contributed by atoms with Gasteiger partial charge in [0, 0.05) is 29.9 Å². The standard InChI is InChI=1S/C18H28N2O/c1-4-19-13(2)18-16(6-5-7-17(18)21-3)20(15-10-11-15)12-14-8-9-14/h5-7,13-15,19H,4,8-12H2,1-3H3. The predicted octanol–water partition coefficient (Wildman–Crippen LogP) is 3.74. The number of nitrogens with zero attached hydrogens (tertiary/aromatic N) is 1. The topological polar surface area (TPSA) is 24.5 Å². The van der Waals surface area contributed by atoms with Crippen molar-refractivity contribution in [1.82, 2.24) is 5.32 Å². The van der Waals surface area contributed by atoms with Crippen LogP contribution in [0.4, 0.5) is 5.69 Å². The summed E-state index contributed by atoms with van der Waals surface area (Å²) < 4.78 is 5.66. The highest BCUT2D eigenvalue weighted by atomic mass is 16.5. The van der Waals surface area contributed by atoms with Gasteiger partial charge >= 0.3 is 0 Å². The molecule has 0 saturated heterocycles. The Morgan fingerprint density at radius 3 is 2.62 bits per heavy atom. The van der Waals surface area contributed by atoms with Crippen molar-refractivity contribution >= 4 is 5.69 Å². The second-order valence-corrected chi connectivity index (χ2v) is 6.50. The zero-order valence-electron chi connectivity index (χ0n) is 13.6. The minimum absolute atomic E-state index is 0.321. The molecule has 1 atom stereocenters. The van der Waals surface area contributed by atoms with Crippen LogP contribution in [0.1, 0.15) is 51.1 Å². The monoisotopic (exact) mass is 288 g/mol. The molecule has 0 amide bonds. The number of rotatable bonds is 8.